The lowest BCUT2D eigenvalue weighted by atomic mass is 10.1. The molecule has 0 aromatic heterocycles. The molecule has 0 saturated carbocycles. The van der Waals surface area contributed by atoms with Gasteiger partial charge in [-0.3, -0.25) is 4.79 Å². The van der Waals surface area contributed by atoms with Gasteiger partial charge in [-0.15, -0.1) is 0 Å². The van der Waals surface area contributed by atoms with Crippen molar-refractivity contribution in [1.29, 1.82) is 0 Å². The largest absolute Gasteiger partial charge is 0.504 e. The molecule has 7 nitrogen and oxygen atoms in total. The summed E-state index contributed by atoms with van der Waals surface area (Å²) < 4.78 is 20.9. The third-order valence-corrected chi connectivity index (χ3v) is 4.07. The summed E-state index contributed by atoms with van der Waals surface area (Å²) in [4.78, 5) is 12.2. The number of carbonyl (C=O) groups is 1. The van der Waals surface area contributed by atoms with Crippen LogP contribution >= 0.6 is 0 Å². The van der Waals surface area contributed by atoms with Crippen LogP contribution in [0.3, 0.4) is 0 Å². The Balaban J connectivity index is 1.95. The van der Waals surface area contributed by atoms with Crippen molar-refractivity contribution in [2.45, 2.75) is 12.8 Å². The molecule has 0 unspecified atom stereocenters. The average molecular weight is 375 g/mol. The van der Waals surface area contributed by atoms with E-state index in [4.69, 9.17) is 18.9 Å². The van der Waals surface area contributed by atoms with Crippen LogP contribution in [-0.4, -0.2) is 46.0 Å². The van der Waals surface area contributed by atoms with Crippen molar-refractivity contribution in [3.05, 3.63) is 41.5 Å². The first kappa shape index (κ1) is 20.2. The Kier molecular flexibility index (Phi) is 7.16. The molecule has 0 aliphatic carbocycles. The zero-order valence-electron chi connectivity index (χ0n) is 16.0. The molecule has 2 aromatic rings. The fraction of sp³-hybridized carbons (Fsp3) is 0.350. The van der Waals surface area contributed by atoms with Crippen molar-refractivity contribution in [3.63, 3.8) is 0 Å². The lowest BCUT2D eigenvalue weighted by Gasteiger charge is -2.14. The first-order valence-corrected chi connectivity index (χ1v) is 8.43. The molecule has 2 aromatic carbocycles. The molecule has 146 valence electrons. The Hall–Kier alpha value is -3.09. The van der Waals surface area contributed by atoms with Gasteiger partial charge >= 0.3 is 0 Å². The maximum atomic E-state index is 12.2. The third-order valence-electron chi connectivity index (χ3n) is 4.07. The van der Waals surface area contributed by atoms with Crippen molar-refractivity contribution in [3.8, 4) is 28.7 Å². The van der Waals surface area contributed by atoms with Gasteiger partial charge in [-0.1, -0.05) is 6.07 Å². The van der Waals surface area contributed by atoms with Gasteiger partial charge in [-0.2, -0.15) is 0 Å². The lowest BCUT2D eigenvalue weighted by Crippen LogP contribution is -2.27. The lowest BCUT2D eigenvalue weighted by molar-refractivity contribution is -0.120. The monoisotopic (exact) mass is 375 g/mol. The molecule has 0 heterocycles. The molecule has 1 amide bonds. The molecule has 2 N–H and O–H groups in total. The minimum atomic E-state index is -0.123. The zero-order valence-corrected chi connectivity index (χ0v) is 16.0. The van der Waals surface area contributed by atoms with E-state index in [-0.39, 0.29) is 18.1 Å². The van der Waals surface area contributed by atoms with E-state index in [0.29, 0.717) is 36.0 Å². The minimum Gasteiger partial charge on any atom is -0.504 e. The predicted molar refractivity (Wildman–Crippen MR) is 101 cm³/mol. The second-order valence-corrected chi connectivity index (χ2v) is 5.82. The summed E-state index contributed by atoms with van der Waals surface area (Å²) in [5.74, 6) is 1.89. The molecule has 0 spiro atoms. The number of ether oxygens (including phenoxy) is 4. The van der Waals surface area contributed by atoms with Crippen LogP contribution in [0, 0.1) is 0 Å². The molecule has 2 rings (SSSR count). The minimum absolute atomic E-state index is 0.0822. The van der Waals surface area contributed by atoms with Crippen molar-refractivity contribution in [2.75, 3.05) is 35.0 Å². The van der Waals surface area contributed by atoms with Crippen LogP contribution in [-0.2, 0) is 17.6 Å². The number of carbonyl (C=O) groups excluding carboxylic acids is 1. The van der Waals surface area contributed by atoms with Crippen LogP contribution in [0.1, 0.15) is 11.1 Å². The Morgan fingerprint density at radius 1 is 0.889 bits per heavy atom. The first-order valence-electron chi connectivity index (χ1n) is 8.43. The number of rotatable bonds is 9. The summed E-state index contributed by atoms with van der Waals surface area (Å²) in [5.41, 5.74) is 1.66. The number of hydrogen-bond acceptors (Lipinski definition) is 6. The molecular formula is C20H25NO6. The standard InChI is InChI=1S/C20H25NO6/c1-24-16-6-5-13(9-15(16)22)7-8-21-19(23)12-14-10-17(25-2)20(27-4)18(11-14)26-3/h5-6,9-11,22H,7-8,12H2,1-4H3,(H,21,23). The fourth-order valence-corrected chi connectivity index (χ4v) is 2.72. The SMILES string of the molecule is COc1ccc(CCNC(=O)Cc2cc(OC)c(OC)c(OC)c2)cc1O. The molecule has 0 saturated heterocycles. The smallest absolute Gasteiger partial charge is 0.224 e. The first-order chi connectivity index (χ1) is 13.0. The van der Waals surface area contributed by atoms with Crippen molar-refractivity contribution in [1.82, 2.24) is 5.32 Å². The second kappa shape index (κ2) is 9.56. The number of amides is 1. The molecular weight excluding hydrogens is 350 g/mol. The van der Waals surface area contributed by atoms with Gasteiger partial charge in [-0.25, -0.2) is 0 Å². The number of aromatic hydroxyl groups is 1. The van der Waals surface area contributed by atoms with Crippen LogP contribution in [0.4, 0.5) is 0 Å². The van der Waals surface area contributed by atoms with Gasteiger partial charge in [0.2, 0.25) is 11.7 Å². The van der Waals surface area contributed by atoms with E-state index in [9.17, 15) is 9.90 Å². The summed E-state index contributed by atoms with van der Waals surface area (Å²) >= 11 is 0. The highest BCUT2D eigenvalue weighted by molar-refractivity contribution is 5.79. The molecule has 27 heavy (non-hydrogen) atoms. The Morgan fingerprint density at radius 3 is 2.04 bits per heavy atom. The highest BCUT2D eigenvalue weighted by Gasteiger charge is 2.14. The van der Waals surface area contributed by atoms with E-state index in [1.807, 2.05) is 6.07 Å². The normalized spacial score (nSPS) is 10.2. The van der Waals surface area contributed by atoms with E-state index in [1.54, 1.807) is 24.3 Å². The quantitative estimate of drug-likeness (QED) is 0.700. The summed E-state index contributed by atoms with van der Waals surface area (Å²) in [6.45, 7) is 0.453. The van der Waals surface area contributed by atoms with E-state index >= 15 is 0 Å². The van der Waals surface area contributed by atoms with Crippen LogP contribution in [0.15, 0.2) is 30.3 Å². The van der Waals surface area contributed by atoms with Crippen LogP contribution < -0.4 is 24.3 Å². The topological polar surface area (TPSA) is 86.3 Å². The number of methoxy groups -OCH3 is 4. The average Bonchev–Trinajstić information content (AvgIpc) is 2.67. The molecule has 0 fully saturated rings. The maximum absolute atomic E-state index is 12.2. The van der Waals surface area contributed by atoms with Crippen molar-refractivity contribution < 1.29 is 28.8 Å². The summed E-state index contributed by atoms with van der Waals surface area (Å²) in [6, 6.07) is 8.68. The highest BCUT2D eigenvalue weighted by atomic mass is 16.5. The van der Waals surface area contributed by atoms with Gasteiger partial charge in [0.05, 0.1) is 34.9 Å². The van der Waals surface area contributed by atoms with Crippen LogP contribution in [0.5, 0.6) is 28.7 Å². The Labute approximate surface area is 158 Å². The van der Waals surface area contributed by atoms with E-state index in [2.05, 4.69) is 5.32 Å². The Morgan fingerprint density at radius 2 is 1.52 bits per heavy atom. The van der Waals surface area contributed by atoms with Gasteiger partial charge < -0.3 is 29.4 Å². The molecule has 0 aliphatic rings. The summed E-state index contributed by atoms with van der Waals surface area (Å²) in [6.07, 6.45) is 0.781. The van der Waals surface area contributed by atoms with Crippen molar-refractivity contribution >= 4 is 5.91 Å². The number of benzene rings is 2. The molecule has 0 radical (unpaired) electrons. The second-order valence-electron chi connectivity index (χ2n) is 5.82. The molecule has 7 heteroatoms. The Bertz CT molecular complexity index is 765. The summed E-state index contributed by atoms with van der Waals surface area (Å²) in [7, 11) is 6.10. The van der Waals surface area contributed by atoms with Crippen LogP contribution in [0.2, 0.25) is 0 Å². The van der Waals surface area contributed by atoms with Gasteiger partial charge in [0.25, 0.3) is 0 Å². The van der Waals surface area contributed by atoms with Gasteiger partial charge in [0.15, 0.2) is 23.0 Å². The zero-order chi connectivity index (χ0) is 19.8. The molecule has 0 aliphatic heterocycles. The number of nitrogens with one attached hydrogen (secondary N) is 1. The molecule has 0 bridgehead atoms. The number of phenolic OH excluding ortho intramolecular Hbond substituents is 1. The molecule has 0 atom stereocenters. The van der Waals surface area contributed by atoms with Gasteiger partial charge in [0, 0.05) is 6.54 Å². The van der Waals surface area contributed by atoms with E-state index in [1.165, 1.54) is 28.4 Å². The van der Waals surface area contributed by atoms with E-state index < -0.39 is 0 Å². The predicted octanol–water partition coefficient (Wildman–Crippen LogP) is 2.33. The summed E-state index contributed by atoms with van der Waals surface area (Å²) in [5, 5.41) is 12.7. The third kappa shape index (κ3) is 5.20. The fourth-order valence-electron chi connectivity index (χ4n) is 2.72. The maximum Gasteiger partial charge on any atom is 0.224 e. The van der Waals surface area contributed by atoms with E-state index in [0.717, 1.165) is 11.1 Å². The highest BCUT2D eigenvalue weighted by Crippen LogP contribution is 2.38. The van der Waals surface area contributed by atoms with Crippen LogP contribution in [0.25, 0.3) is 0 Å². The number of hydrogen-bond donors (Lipinski definition) is 2. The number of phenols is 1. The van der Waals surface area contributed by atoms with Gasteiger partial charge in [0.1, 0.15) is 0 Å². The van der Waals surface area contributed by atoms with Crippen molar-refractivity contribution in [2.24, 2.45) is 0 Å². The van der Waals surface area contributed by atoms with Gasteiger partial charge in [-0.05, 0) is 41.8 Å².